The number of aryl methyl sites for hydroxylation is 2. The van der Waals surface area contributed by atoms with Crippen LogP contribution in [0.2, 0.25) is 0 Å². The summed E-state index contributed by atoms with van der Waals surface area (Å²) in [6.45, 7) is 9.84. The molecule has 0 spiro atoms. The molecule has 1 saturated heterocycles. The molecule has 130 valence electrons. The molecule has 24 heavy (non-hydrogen) atoms. The normalized spacial score (nSPS) is 18.4. The molecule has 3 rings (SSSR count). The van der Waals surface area contributed by atoms with Gasteiger partial charge in [0.1, 0.15) is 12.2 Å². The Morgan fingerprint density at radius 1 is 1.42 bits per heavy atom. The van der Waals surface area contributed by atoms with Crippen molar-refractivity contribution in [3.8, 4) is 0 Å². The first-order valence-electron chi connectivity index (χ1n) is 8.55. The summed E-state index contributed by atoms with van der Waals surface area (Å²) in [5.74, 6) is 1.44. The number of carbonyl (C=O) groups is 1. The number of hydrogen-bond donors (Lipinski definition) is 0. The second-order valence-corrected chi connectivity index (χ2v) is 8.19. The lowest BCUT2D eigenvalue weighted by Gasteiger charge is -2.32. The van der Waals surface area contributed by atoms with Gasteiger partial charge in [0.05, 0.1) is 17.1 Å². The summed E-state index contributed by atoms with van der Waals surface area (Å²) < 4.78 is 2.12. The van der Waals surface area contributed by atoms with Crippen LogP contribution in [0.15, 0.2) is 6.33 Å². The van der Waals surface area contributed by atoms with Crippen LogP contribution in [0.4, 0.5) is 0 Å². The van der Waals surface area contributed by atoms with Gasteiger partial charge in [0.2, 0.25) is 5.91 Å². The molecule has 0 N–H and O–H groups in total. The van der Waals surface area contributed by atoms with E-state index in [0.717, 1.165) is 47.3 Å². The molecule has 0 aromatic carbocycles. The van der Waals surface area contributed by atoms with Gasteiger partial charge in [-0.15, -0.1) is 21.5 Å². The Balaban J connectivity index is 1.70. The Morgan fingerprint density at radius 3 is 2.88 bits per heavy atom. The van der Waals surface area contributed by atoms with Crippen molar-refractivity contribution < 1.29 is 4.79 Å². The van der Waals surface area contributed by atoms with Crippen LogP contribution in [-0.4, -0.2) is 43.6 Å². The standard InChI is InChI=1S/C17H25N5OS/c1-11(2)22-10-18-20-17(22)14-6-5-7-21(9-14)16(23)8-15-12(3)24-13(4)19-15/h10-11,14H,5-9H2,1-4H3. The van der Waals surface area contributed by atoms with Gasteiger partial charge in [0.15, 0.2) is 0 Å². The molecule has 1 unspecified atom stereocenters. The lowest BCUT2D eigenvalue weighted by Crippen LogP contribution is -2.40. The molecule has 1 aliphatic heterocycles. The molecule has 2 aromatic heterocycles. The fourth-order valence-electron chi connectivity index (χ4n) is 3.35. The van der Waals surface area contributed by atoms with Crippen molar-refractivity contribution in [3.63, 3.8) is 0 Å². The highest BCUT2D eigenvalue weighted by atomic mass is 32.1. The molecule has 1 fully saturated rings. The largest absolute Gasteiger partial charge is 0.342 e. The molecule has 0 saturated carbocycles. The van der Waals surface area contributed by atoms with Gasteiger partial charge in [-0.05, 0) is 40.5 Å². The quantitative estimate of drug-likeness (QED) is 0.853. The SMILES string of the molecule is Cc1nc(CC(=O)N2CCCC(c3nncn3C(C)C)C2)c(C)s1. The van der Waals surface area contributed by atoms with Gasteiger partial charge in [-0.2, -0.15) is 0 Å². The Hall–Kier alpha value is -1.76. The molecule has 0 radical (unpaired) electrons. The maximum atomic E-state index is 12.7. The van der Waals surface area contributed by atoms with Crippen molar-refractivity contribution in [1.82, 2.24) is 24.6 Å². The Labute approximate surface area is 146 Å². The summed E-state index contributed by atoms with van der Waals surface area (Å²) in [6.07, 6.45) is 4.27. The maximum Gasteiger partial charge on any atom is 0.228 e. The third-order valence-corrected chi connectivity index (χ3v) is 5.54. The van der Waals surface area contributed by atoms with E-state index < -0.39 is 0 Å². The van der Waals surface area contributed by atoms with Crippen molar-refractivity contribution in [1.29, 1.82) is 0 Å². The van der Waals surface area contributed by atoms with Crippen LogP contribution in [-0.2, 0) is 11.2 Å². The molecule has 3 heterocycles. The summed E-state index contributed by atoms with van der Waals surface area (Å²) in [5, 5.41) is 9.42. The molecule has 1 amide bonds. The summed E-state index contributed by atoms with van der Waals surface area (Å²) in [6, 6.07) is 0.335. The Kier molecular flexibility index (Phi) is 4.99. The summed E-state index contributed by atoms with van der Waals surface area (Å²) in [5.41, 5.74) is 0.926. The number of rotatable bonds is 4. The van der Waals surface area contributed by atoms with Crippen LogP contribution in [0.1, 0.15) is 60.1 Å². The molecule has 6 nitrogen and oxygen atoms in total. The predicted octanol–water partition coefficient (Wildman–Crippen LogP) is 2.88. The van der Waals surface area contributed by atoms with Crippen molar-refractivity contribution in [2.75, 3.05) is 13.1 Å². The topological polar surface area (TPSA) is 63.9 Å². The Bertz CT molecular complexity index is 720. The van der Waals surface area contributed by atoms with Gasteiger partial charge in [-0.3, -0.25) is 4.79 Å². The first-order chi connectivity index (χ1) is 11.5. The minimum atomic E-state index is 0.170. The molecule has 2 aromatic rings. The second-order valence-electron chi connectivity index (χ2n) is 6.78. The molecular weight excluding hydrogens is 322 g/mol. The van der Waals surface area contributed by atoms with Crippen LogP contribution < -0.4 is 0 Å². The number of likely N-dealkylation sites (tertiary alicyclic amines) is 1. The molecule has 7 heteroatoms. The van der Waals surface area contributed by atoms with Crippen LogP contribution in [0.25, 0.3) is 0 Å². The minimum Gasteiger partial charge on any atom is -0.342 e. The monoisotopic (exact) mass is 347 g/mol. The number of carbonyl (C=O) groups excluding carboxylic acids is 1. The van der Waals surface area contributed by atoms with Crippen LogP contribution in [0.5, 0.6) is 0 Å². The van der Waals surface area contributed by atoms with E-state index in [0.29, 0.717) is 12.5 Å². The molecule has 1 aliphatic rings. The van der Waals surface area contributed by atoms with Crippen molar-refractivity contribution >= 4 is 17.2 Å². The van der Waals surface area contributed by atoms with Gasteiger partial charge < -0.3 is 9.47 Å². The van der Waals surface area contributed by atoms with E-state index in [-0.39, 0.29) is 11.8 Å². The van der Waals surface area contributed by atoms with Gasteiger partial charge in [0.25, 0.3) is 0 Å². The zero-order chi connectivity index (χ0) is 17.3. The average molecular weight is 347 g/mol. The van der Waals surface area contributed by atoms with Gasteiger partial charge in [-0.25, -0.2) is 4.98 Å². The Morgan fingerprint density at radius 2 is 2.21 bits per heavy atom. The fourth-order valence-corrected chi connectivity index (χ4v) is 4.18. The van der Waals surface area contributed by atoms with Gasteiger partial charge in [0, 0.05) is 29.9 Å². The third kappa shape index (κ3) is 3.50. The smallest absolute Gasteiger partial charge is 0.228 e. The second kappa shape index (κ2) is 7.01. The maximum absolute atomic E-state index is 12.7. The number of hydrogen-bond acceptors (Lipinski definition) is 5. The molecular formula is C17H25N5OS. The van der Waals surface area contributed by atoms with E-state index in [1.807, 2.05) is 18.7 Å². The number of aromatic nitrogens is 4. The highest BCUT2D eigenvalue weighted by molar-refractivity contribution is 7.11. The summed E-state index contributed by atoms with van der Waals surface area (Å²) >= 11 is 1.66. The minimum absolute atomic E-state index is 0.170. The first kappa shape index (κ1) is 17.1. The van der Waals surface area contributed by atoms with Gasteiger partial charge >= 0.3 is 0 Å². The molecule has 0 bridgehead atoms. The van der Waals surface area contributed by atoms with Crippen LogP contribution in [0, 0.1) is 13.8 Å². The molecule has 0 aliphatic carbocycles. The number of thiazole rings is 1. The van der Waals surface area contributed by atoms with E-state index in [9.17, 15) is 4.79 Å². The highest BCUT2D eigenvalue weighted by Crippen LogP contribution is 2.27. The van der Waals surface area contributed by atoms with Crippen LogP contribution >= 0.6 is 11.3 Å². The number of nitrogens with zero attached hydrogens (tertiary/aromatic N) is 5. The van der Waals surface area contributed by atoms with E-state index in [1.165, 1.54) is 0 Å². The zero-order valence-electron chi connectivity index (χ0n) is 14.8. The highest BCUT2D eigenvalue weighted by Gasteiger charge is 2.28. The van der Waals surface area contributed by atoms with Crippen LogP contribution in [0.3, 0.4) is 0 Å². The third-order valence-electron chi connectivity index (χ3n) is 4.61. The molecule has 1 atom stereocenters. The van der Waals surface area contributed by atoms with Crippen molar-refractivity contribution in [2.24, 2.45) is 0 Å². The summed E-state index contributed by atoms with van der Waals surface area (Å²) in [7, 11) is 0. The van der Waals surface area contributed by atoms with E-state index in [2.05, 4.69) is 33.6 Å². The zero-order valence-corrected chi connectivity index (χ0v) is 15.6. The lowest BCUT2D eigenvalue weighted by molar-refractivity contribution is -0.131. The first-order valence-corrected chi connectivity index (χ1v) is 9.37. The fraction of sp³-hybridized carbons (Fsp3) is 0.647. The average Bonchev–Trinajstić information content (AvgIpc) is 3.14. The van der Waals surface area contributed by atoms with E-state index in [4.69, 9.17) is 0 Å². The number of piperidine rings is 1. The van der Waals surface area contributed by atoms with Gasteiger partial charge in [-0.1, -0.05) is 0 Å². The van der Waals surface area contributed by atoms with E-state index in [1.54, 1.807) is 17.7 Å². The predicted molar refractivity (Wildman–Crippen MR) is 94.3 cm³/mol. The summed E-state index contributed by atoms with van der Waals surface area (Å²) in [4.78, 5) is 20.3. The van der Waals surface area contributed by atoms with E-state index >= 15 is 0 Å². The van der Waals surface area contributed by atoms with Crippen molar-refractivity contribution in [2.45, 2.75) is 58.9 Å². The number of amides is 1. The van der Waals surface area contributed by atoms with Crippen molar-refractivity contribution in [3.05, 3.63) is 27.7 Å². The lowest BCUT2D eigenvalue weighted by atomic mass is 9.96.